The van der Waals surface area contributed by atoms with E-state index in [9.17, 15) is 4.79 Å². The molecule has 2 aromatic rings. The molecule has 0 atom stereocenters. The average molecular weight is 401 g/mol. The summed E-state index contributed by atoms with van der Waals surface area (Å²) in [5.41, 5.74) is 2.94. The molecule has 2 N–H and O–H groups in total. The first-order valence-corrected chi connectivity index (χ1v) is 10.2. The number of amides is 1. The average Bonchev–Trinajstić information content (AvgIpc) is 3.16. The van der Waals surface area contributed by atoms with E-state index in [-0.39, 0.29) is 12.5 Å². The zero-order chi connectivity index (χ0) is 21.1. The van der Waals surface area contributed by atoms with Gasteiger partial charge in [0.2, 0.25) is 5.91 Å². The van der Waals surface area contributed by atoms with Crippen LogP contribution in [0.25, 0.3) is 0 Å². The number of hydrogen-bond acceptors (Lipinski definition) is 5. The fourth-order valence-electron chi connectivity index (χ4n) is 2.86. The SMILES string of the molecule is CCNC(=NCc1c(CC)noc1CC)NCC(=O)N(C)CCc1ccccn1. The van der Waals surface area contributed by atoms with E-state index in [0.717, 1.165) is 42.0 Å². The Bertz CT molecular complexity index is 766. The summed E-state index contributed by atoms with van der Waals surface area (Å²) in [5, 5.41) is 10.4. The predicted molar refractivity (Wildman–Crippen MR) is 114 cm³/mol. The Hall–Kier alpha value is -2.90. The van der Waals surface area contributed by atoms with Crippen LogP contribution in [0.15, 0.2) is 33.9 Å². The molecule has 2 heterocycles. The maximum absolute atomic E-state index is 12.4. The first-order valence-electron chi connectivity index (χ1n) is 10.2. The first-order chi connectivity index (χ1) is 14.1. The normalized spacial score (nSPS) is 11.4. The molecule has 0 spiro atoms. The van der Waals surface area contributed by atoms with E-state index in [1.807, 2.05) is 39.0 Å². The minimum atomic E-state index is 0.00000593. The topological polar surface area (TPSA) is 95.7 Å². The van der Waals surface area contributed by atoms with Crippen molar-refractivity contribution in [1.29, 1.82) is 0 Å². The molecule has 0 radical (unpaired) electrons. The van der Waals surface area contributed by atoms with Gasteiger partial charge in [-0.25, -0.2) is 4.99 Å². The number of hydrogen-bond donors (Lipinski definition) is 2. The van der Waals surface area contributed by atoms with Gasteiger partial charge in [-0.2, -0.15) is 0 Å². The third-order valence-electron chi connectivity index (χ3n) is 4.61. The zero-order valence-corrected chi connectivity index (χ0v) is 17.9. The second kappa shape index (κ2) is 11.8. The molecule has 29 heavy (non-hydrogen) atoms. The third kappa shape index (κ3) is 6.89. The molecule has 0 aliphatic carbocycles. The summed E-state index contributed by atoms with van der Waals surface area (Å²) >= 11 is 0. The fourth-order valence-corrected chi connectivity index (χ4v) is 2.86. The molecule has 8 nitrogen and oxygen atoms in total. The summed E-state index contributed by atoms with van der Waals surface area (Å²) in [4.78, 5) is 23.0. The van der Waals surface area contributed by atoms with E-state index in [1.54, 1.807) is 18.1 Å². The number of likely N-dealkylation sites (N-methyl/N-ethyl adjacent to an activating group) is 1. The van der Waals surface area contributed by atoms with Gasteiger partial charge >= 0.3 is 0 Å². The molecule has 0 aliphatic heterocycles. The number of pyridine rings is 1. The molecule has 1 amide bonds. The minimum absolute atomic E-state index is 0.00000593. The first kappa shape index (κ1) is 22.4. The Morgan fingerprint density at radius 3 is 2.69 bits per heavy atom. The van der Waals surface area contributed by atoms with Gasteiger partial charge < -0.3 is 20.1 Å². The van der Waals surface area contributed by atoms with Gasteiger partial charge in [-0.15, -0.1) is 0 Å². The molecule has 0 fully saturated rings. The number of aromatic nitrogens is 2. The number of rotatable bonds is 10. The van der Waals surface area contributed by atoms with Crippen LogP contribution in [0.5, 0.6) is 0 Å². The van der Waals surface area contributed by atoms with Crippen molar-refractivity contribution in [2.45, 2.75) is 46.6 Å². The number of carbonyl (C=O) groups excluding carboxylic acids is 1. The lowest BCUT2D eigenvalue weighted by Crippen LogP contribution is -2.44. The van der Waals surface area contributed by atoms with E-state index in [1.165, 1.54) is 0 Å². The summed E-state index contributed by atoms with van der Waals surface area (Å²) < 4.78 is 5.40. The van der Waals surface area contributed by atoms with Crippen LogP contribution in [-0.2, 0) is 30.6 Å². The van der Waals surface area contributed by atoms with Gasteiger partial charge in [-0.3, -0.25) is 9.78 Å². The maximum atomic E-state index is 12.4. The van der Waals surface area contributed by atoms with Crippen molar-refractivity contribution in [2.24, 2.45) is 4.99 Å². The molecular formula is C21H32N6O2. The van der Waals surface area contributed by atoms with Gasteiger partial charge in [0.05, 0.1) is 18.8 Å². The lowest BCUT2D eigenvalue weighted by molar-refractivity contribution is -0.128. The van der Waals surface area contributed by atoms with Gasteiger partial charge in [0.25, 0.3) is 0 Å². The van der Waals surface area contributed by atoms with Crippen molar-refractivity contribution in [2.75, 3.05) is 26.7 Å². The van der Waals surface area contributed by atoms with Crippen molar-refractivity contribution in [3.05, 3.63) is 47.1 Å². The lowest BCUT2D eigenvalue weighted by Gasteiger charge is -2.18. The predicted octanol–water partition coefficient (Wildman–Crippen LogP) is 1.95. The Kier molecular flexibility index (Phi) is 9.14. The molecule has 0 aliphatic rings. The number of aliphatic imine (C=N–C) groups is 1. The van der Waals surface area contributed by atoms with E-state index < -0.39 is 0 Å². The smallest absolute Gasteiger partial charge is 0.241 e. The summed E-state index contributed by atoms with van der Waals surface area (Å²) in [5.74, 6) is 1.47. The van der Waals surface area contributed by atoms with E-state index in [2.05, 4.69) is 25.8 Å². The zero-order valence-electron chi connectivity index (χ0n) is 17.9. The van der Waals surface area contributed by atoms with Gasteiger partial charge in [-0.1, -0.05) is 25.1 Å². The molecule has 2 aromatic heterocycles. The summed E-state index contributed by atoms with van der Waals surface area (Å²) in [6.07, 6.45) is 4.07. The summed E-state index contributed by atoms with van der Waals surface area (Å²) in [7, 11) is 1.80. The second-order valence-corrected chi connectivity index (χ2v) is 6.67. The molecule has 0 aromatic carbocycles. The molecule has 0 unspecified atom stereocenters. The van der Waals surface area contributed by atoms with Crippen molar-refractivity contribution in [1.82, 2.24) is 25.7 Å². The number of nitrogens with zero attached hydrogens (tertiary/aromatic N) is 4. The van der Waals surface area contributed by atoms with Gasteiger partial charge in [0, 0.05) is 50.4 Å². The largest absolute Gasteiger partial charge is 0.361 e. The van der Waals surface area contributed by atoms with Crippen LogP contribution in [0.2, 0.25) is 0 Å². The lowest BCUT2D eigenvalue weighted by atomic mass is 10.1. The van der Waals surface area contributed by atoms with Crippen molar-refractivity contribution in [3.63, 3.8) is 0 Å². The monoisotopic (exact) mass is 400 g/mol. The minimum Gasteiger partial charge on any atom is -0.361 e. The van der Waals surface area contributed by atoms with Crippen LogP contribution in [0.4, 0.5) is 0 Å². The Balaban J connectivity index is 1.90. The third-order valence-corrected chi connectivity index (χ3v) is 4.61. The van der Waals surface area contributed by atoms with Gasteiger partial charge in [0.1, 0.15) is 5.76 Å². The summed E-state index contributed by atoms with van der Waals surface area (Å²) in [6.45, 7) is 8.05. The highest BCUT2D eigenvalue weighted by atomic mass is 16.5. The van der Waals surface area contributed by atoms with Crippen molar-refractivity contribution < 1.29 is 9.32 Å². The number of guanidine groups is 1. The molecule has 0 bridgehead atoms. The number of nitrogens with one attached hydrogen (secondary N) is 2. The van der Waals surface area contributed by atoms with E-state index >= 15 is 0 Å². The highest BCUT2D eigenvalue weighted by Crippen LogP contribution is 2.16. The quantitative estimate of drug-likeness (QED) is 0.467. The van der Waals surface area contributed by atoms with Crippen LogP contribution in [0, 0.1) is 0 Å². The van der Waals surface area contributed by atoms with Crippen LogP contribution in [0.3, 0.4) is 0 Å². The van der Waals surface area contributed by atoms with Crippen molar-refractivity contribution >= 4 is 11.9 Å². The standard InChI is InChI=1S/C21H32N6O2/c1-5-18-17(19(6-2)29-26-18)14-24-21(22-7-3)25-15-20(28)27(4)13-11-16-10-8-9-12-23-16/h8-10,12H,5-7,11,13-15H2,1-4H3,(H2,22,24,25). The van der Waals surface area contributed by atoms with E-state index in [4.69, 9.17) is 4.52 Å². The fraction of sp³-hybridized carbons (Fsp3) is 0.524. The van der Waals surface area contributed by atoms with Crippen LogP contribution >= 0.6 is 0 Å². The Morgan fingerprint density at radius 2 is 2.03 bits per heavy atom. The van der Waals surface area contributed by atoms with Crippen LogP contribution in [-0.4, -0.2) is 53.6 Å². The van der Waals surface area contributed by atoms with Gasteiger partial charge in [-0.05, 0) is 25.5 Å². The second-order valence-electron chi connectivity index (χ2n) is 6.67. The highest BCUT2D eigenvalue weighted by Gasteiger charge is 2.14. The van der Waals surface area contributed by atoms with Crippen LogP contribution < -0.4 is 10.6 Å². The summed E-state index contributed by atoms with van der Waals surface area (Å²) in [6, 6.07) is 5.80. The maximum Gasteiger partial charge on any atom is 0.241 e. The Morgan fingerprint density at radius 1 is 1.21 bits per heavy atom. The van der Waals surface area contributed by atoms with E-state index in [0.29, 0.717) is 25.6 Å². The van der Waals surface area contributed by atoms with Crippen LogP contribution in [0.1, 0.15) is 43.5 Å². The molecule has 158 valence electrons. The molecule has 8 heteroatoms. The van der Waals surface area contributed by atoms with Gasteiger partial charge in [0.15, 0.2) is 5.96 Å². The van der Waals surface area contributed by atoms with Crippen molar-refractivity contribution in [3.8, 4) is 0 Å². The molecule has 0 saturated heterocycles. The number of aryl methyl sites for hydroxylation is 2. The molecular weight excluding hydrogens is 368 g/mol. The molecule has 2 rings (SSSR count). The number of carbonyl (C=O) groups is 1. The highest BCUT2D eigenvalue weighted by molar-refractivity contribution is 5.86. The Labute approximate surface area is 172 Å². The molecule has 0 saturated carbocycles.